The Morgan fingerprint density at radius 1 is 0.854 bits per heavy atom. The van der Waals surface area contributed by atoms with Crippen LogP contribution in [0.1, 0.15) is 36.1 Å². The van der Waals surface area contributed by atoms with E-state index in [4.69, 9.17) is 32.7 Å². The van der Waals surface area contributed by atoms with Crippen LogP contribution >= 0.6 is 19.2 Å². The lowest BCUT2D eigenvalue weighted by atomic mass is 10.2. The molecule has 12 heteroatoms. The SMILES string of the molecule is COCCOCCOCCCCCCOc1cccc(OP(=O)([O-])Oc2cccc(C[n+]3csc(C)c3)c2)c1OC. The molecule has 1 aromatic heterocycles. The first-order valence-electron chi connectivity index (χ1n) is 13.6. The Hall–Kier alpha value is -2.66. The van der Waals surface area contributed by atoms with Gasteiger partial charge in [-0.15, -0.1) is 0 Å². The maximum absolute atomic E-state index is 12.8. The van der Waals surface area contributed by atoms with E-state index in [0.717, 1.165) is 31.2 Å². The number of hydrogen-bond donors (Lipinski definition) is 0. The lowest BCUT2D eigenvalue weighted by molar-refractivity contribution is -0.683. The summed E-state index contributed by atoms with van der Waals surface area (Å²) >= 11 is 1.64. The summed E-state index contributed by atoms with van der Waals surface area (Å²) < 4.78 is 52.5. The Morgan fingerprint density at radius 3 is 2.29 bits per heavy atom. The molecule has 0 saturated carbocycles. The van der Waals surface area contributed by atoms with Crippen LogP contribution in [0.4, 0.5) is 0 Å². The lowest BCUT2D eigenvalue weighted by Gasteiger charge is -2.25. The van der Waals surface area contributed by atoms with E-state index in [1.807, 2.05) is 29.3 Å². The van der Waals surface area contributed by atoms with Gasteiger partial charge in [0.05, 0.1) is 45.0 Å². The predicted molar refractivity (Wildman–Crippen MR) is 154 cm³/mol. The smallest absolute Gasteiger partial charge is 0.372 e. The van der Waals surface area contributed by atoms with Crippen LogP contribution in [0, 0.1) is 6.92 Å². The summed E-state index contributed by atoms with van der Waals surface area (Å²) in [4.78, 5) is 14.0. The minimum Gasteiger partial charge on any atom is -0.736 e. The summed E-state index contributed by atoms with van der Waals surface area (Å²) in [5, 5.41) is 0. The molecule has 1 heterocycles. The summed E-state index contributed by atoms with van der Waals surface area (Å²) in [6, 6.07) is 11.7. The average Bonchev–Trinajstić information content (AvgIpc) is 3.35. The number of aryl methyl sites for hydroxylation is 1. The largest absolute Gasteiger partial charge is 0.736 e. The van der Waals surface area contributed by atoms with Crippen molar-refractivity contribution in [1.29, 1.82) is 0 Å². The number of unbranched alkanes of at least 4 members (excludes halogenated alkanes) is 3. The van der Waals surface area contributed by atoms with Crippen molar-refractivity contribution in [3.63, 3.8) is 0 Å². The highest BCUT2D eigenvalue weighted by molar-refractivity contribution is 7.46. The number of thiazole rings is 1. The van der Waals surface area contributed by atoms with Crippen LogP contribution in [0.15, 0.2) is 54.2 Å². The monoisotopic (exact) mass is 609 g/mol. The molecule has 0 bridgehead atoms. The third-order valence-electron chi connectivity index (χ3n) is 5.80. The highest BCUT2D eigenvalue weighted by Gasteiger charge is 2.20. The number of nitrogens with zero attached hydrogens (tertiary/aromatic N) is 1. The van der Waals surface area contributed by atoms with Gasteiger partial charge in [0.2, 0.25) is 11.3 Å². The Morgan fingerprint density at radius 2 is 1.56 bits per heavy atom. The van der Waals surface area contributed by atoms with Crippen molar-refractivity contribution in [2.75, 3.05) is 53.9 Å². The van der Waals surface area contributed by atoms with Crippen LogP contribution in [0.3, 0.4) is 0 Å². The fourth-order valence-electron chi connectivity index (χ4n) is 3.90. The molecule has 0 aliphatic heterocycles. The summed E-state index contributed by atoms with van der Waals surface area (Å²) in [7, 11) is -1.69. The van der Waals surface area contributed by atoms with Gasteiger partial charge < -0.3 is 37.6 Å². The second-order valence-corrected chi connectivity index (χ2v) is 11.5. The van der Waals surface area contributed by atoms with Gasteiger partial charge in [0.25, 0.3) is 0 Å². The first kappa shape index (κ1) is 32.8. The minimum atomic E-state index is -4.77. The van der Waals surface area contributed by atoms with E-state index in [0.29, 0.717) is 51.9 Å². The first-order chi connectivity index (χ1) is 19.9. The Labute approximate surface area is 246 Å². The number of ether oxygens (including phenoxy) is 5. The highest BCUT2D eigenvalue weighted by atomic mass is 32.1. The van der Waals surface area contributed by atoms with Crippen molar-refractivity contribution >= 4 is 19.2 Å². The van der Waals surface area contributed by atoms with Crippen LogP contribution in [0.25, 0.3) is 0 Å². The molecule has 0 fully saturated rings. The zero-order chi connectivity index (χ0) is 29.3. The molecule has 0 spiro atoms. The summed E-state index contributed by atoms with van der Waals surface area (Å²) in [5.74, 6) is 0.742. The molecule has 0 saturated heterocycles. The molecule has 0 N–H and O–H groups in total. The van der Waals surface area contributed by atoms with Gasteiger partial charge in [-0.3, -0.25) is 0 Å². The Bertz CT molecular complexity index is 1220. The fraction of sp³-hybridized carbons (Fsp3) is 0.483. The van der Waals surface area contributed by atoms with Crippen LogP contribution in [-0.4, -0.2) is 53.9 Å². The van der Waals surface area contributed by atoms with E-state index in [1.54, 1.807) is 48.8 Å². The van der Waals surface area contributed by atoms with Gasteiger partial charge in [-0.2, -0.15) is 4.57 Å². The van der Waals surface area contributed by atoms with E-state index < -0.39 is 7.82 Å². The zero-order valence-electron chi connectivity index (χ0n) is 24.0. The van der Waals surface area contributed by atoms with E-state index >= 15 is 0 Å². The maximum Gasteiger partial charge on any atom is 0.372 e. The number of rotatable bonds is 21. The molecule has 1 atom stereocenters. The maximum atomic E-state index is 12.8. The van der Waals surface area contributed by atoms with Gasteiger partial charge in [-0.05, 0) is 50.5 Å². The average molecular weight is 610 g/mol. The number of benzene rings is 2. The van der Waals surface area contributed by atoms with Gasteiger partial charge in [0.1, 0.15) is 5.75 Å². The van der Waals surface area contributed by atoms with Crippen molar-refractivity contribution in [1.82, 2.24) is 0 Å². The van der Waals surface area contributed by atoms with Crippen LogP contribution in [0.2, 0.25) is 0 Å². The van der Waals surface area contributed by atoms with Crippen LogP contribution < -0.4 is 28.0 Å². The molecule has 3 aromatic rings. The minimum absolute atomic E-state index is 0.00728. The molecule has 41 heavy (non-hydrogen) atoms. The van der Waals surface area contributed by atoms with Crippen molar-refractivity contribution in [2.24, 2.45) is 0 Å². The molecule has 3 rings (SSSR count). The van der Waals surface area contributed by atoms with Gasteiger partial charge in [0.15, 0.2) is 24.2 Å². The van der Waals surface area contributed by atoms with Crippen LogP contribution in [0.5, 0.6) is 23.0 Å². The van der Waals surface area contributed by atoms with E-state index in [-0.39, 0.29) is 17.2 Å². The number of para-hydroxylation sites is 1. The molecule has 0 amide bonds. The second kappa shape index (κ2) is 18.0. The zero-order valence-corrected chi connectivity index (χ0v) is 25.7. The second-order valence-electron chi connectivity index (χ2n) is 9.18. The summed E-state index contributed by atoms with van der Waals surface area (Å²) in [6.45, 7) is 6.08. The normalized spacial score (nSPS) is 12.6. The Kier molecular flexibility index (Phi) is 14.4. The first-order valence-corrected chi connectivity index (χ1v) is 15.9. The van der Waals surface area contributed by atoms with E-state index in [1.165, 1.54) is 18.1 Å². The number of phosphoric acid groups is 1. The molecule has 0 radical (unpaired) electrons. The molecule has 0 aliphatic carbocycles. The van der Waals surface area contributed by atoms with Crippen molar-refractivity contribution in [3.8, 4) is 23.0 Å². The number of hydrogen-bond acceptors (Lipinski definition) is 10. The molecular weight excluding hydrogens is 569 g/mol. The van der Waals surface area contributed by atoms with Gasteiger partial charge in [-0.1, -0.05) is 36.0 Å². The van der Waals surface area contributed by atoms with Gasteiger partial charge >= 0.3 is 7.82 Å². The highest BCUT2D eigenvalue weighted by Crippen LogP contribution is 2.46. The summed E-state index contributed by atoms with van der Waals surface area (Å²) in [6.07, 6.45) is 5.80. The molecule has 10 nitrogen and oxygen atoms in total. The number of aromatic nitrogens is 1. The molecule has 1 unspecified atom stereocenters. The molecule has 0 aliphatic rings. The van der Waals surface area contributed by atoms with E-state index in [9.17, 15) is 9.46 Å². The predicted octanol–water partition coefficient (Wildman–Crippen LogP) is 4.95. The third-order valence-corrected chi connectivity index (χ3v) is 7.51. The van der Waals surface area contributed by atoms with Crippen molar-refractivity contribution in [2.45, 2.75) is 39.2 Å². The van der Waals surface area contributed by atoms with Crippen LogP contribution in [-0.2, 0) is 25.3 Å². The molecule has 226 valence electrons. The molecular formula is C29H40NO9PS. The third kappa shape index (κ3) is 12.4. The summed E-state index contributed by atoms with van der Waals surface area (Å²) in [5.41, 5.74) is 2.90. The standard InChI is InChI=1S/C29H40NO9PS/c1-24-21-30(23-41-24)22-25-10-8-11-26(20-25)38-40(31,32)39-28-13-9-12-27(29(28)34-3)37-15-7-5-4-6-14-35-18-19-36-17-16-33-2/h8-13,20-21,23H,4-7,14-19,22H2,1-3H3. The topological polar surface area (TPSA) is 109 Å². The quantitative estimate of drug-likeness (QED) is 0.0942. The van der Waals surface area contributed by atoms with Gasteiger partial charge in [0, 0.05) is 19.3 Å². The lowest BCUT2D eigenvalue weighted by Crippen LogP contribution is -2.30. The molecule has 2 aromatic carbocycles. The Balaban J connectivity index is 1.42. The van der Waals surface area contributed by atoms with Crippen molar-refractivity contribution < 1.29 is 46.8 Å². The number of methoxy groups -OCH3 is 2. The van der Waals surface area contributed by atoms with E-state index in [2.05, 4.69) is 0 Å². The van der Waals surface area contributed by atoms with Gasteiger partial charge in [-0.25, -0.2) is 4.57 Å². The van der Waals surface area contributed by atoms with Crippen molar-refractivity contribution in [3.05, 3.63) is 64.6 Å². The number of phosphoric ester groups is 1. The fourth-order valence-corrected chi connectivity index (χ4v) is 5.32.